The molecule has 0 amide bonds. The van der Waals surface area contributed by atoms with Crippen LogP contribution in [0.5, 0.6) is 0 Å². The molecule has 0 aromatic heterocycles. The molecule has 1 aliphatic carbocycles. The molecule has 0 radical (unpaired) electrons. The number of hydrogen-bond donors (Lipinski definition) is 2. The Morgan fingerprint density at radius 2 is 1.87 bits per heavy atom. The number of rotatable bonds is 5. The van der Waals surface area contributed by atoms with Crippen LogP contribution in [0.25, 0.3) is 0 Å². The van der Waals surface area contributed by atoms with Crippen LogP contribution in [0.2, 0.25) is 0 Å². The van der Waals surface area contributed by atoms with E-state index in [1.807, 2.05) is 0 Å². The van der Waals surface area contributed by atoms with E-state index in [9.17, 15) is 0 Å². The van der Waals surface area contributed by atoms with Gasteiger partial charge in [-0.3, -0.25) is 0 Å². The van der Waals surface area contributed by atoms with Crippen molar-refractivity contribution >= 4 is 0 Å². The van der Waals surface area contributed by atoms with Crippen LogP contribution in [-0.2, 0) is 0 Å². The lowest BCUT2D eigenvalue weighted by Gasteiger charge is -2.37. The van der Waals surface area contributed by atoms with Gasteiger partial charge in [-0.1, -0.05) is 33.1 Å². The zero-order valence-corrected chi connectivity index (χ0v) is 10.7. The fourth-order valence-corrected chi connectivity index (χ4v) is 2.84. The molecule has 1 fully saturated rings. The second-order valence-corrected chi connectivity index (χ2v) is 5.84. The van der Waals surface area contributed by atoms with E-state index in [4.69, 9.17) is 5.73 Å². The molecule has 0 bridgehead atoms. The Balaban J connectivity index is 2.42. The first-order valence-corrected chi connectivity index (χ1v) is 6.53. The van der Waals surface area contributed by atoms with Crippen LogP contribution in [-0.4, -0.2) is 18.1 Å². The summed E-state index contributed by atoms with van der Waals surface area (Å²) in [6, 6.07) is 0.714. The zero-order chi connectivity index (χ0) is 11.3. The minimum absolute atomic E-state index is 0.149. The topological polar surface area (TPSA) is 38.0 Å². The van der Waals surface area contributed by atoms with Gasteiger partial charge in [0.05, 0.1) is 0 Å². The van der Waals surface area contributed by atoms with Crippen LogP contribution >= 0.6 is 0 Å². The maximum absolute atomic E-state index is 5.91. The monoisotopic (exact) mass is 212 g/mol. The molecule has 0 spiro atoms. The Bertz CT molecular complexity index is 173. The van der Waals surface area contributed by atoms with E-state index in [0.29, 0.717) is 6.04 Å². The van der Waals surface area contributed by atoms with Gasteiger partial charge in [-0.15, -0.1) is 0 Å². The molecule has 1 unspecified atom stereocenters. The molecule has 0 aromatic rings. The third-order valence-corrected chi connectivity index (χ3v) is 3.47. The van der Waals surface area contributed by atoms with Crippen molar-refractivity contribution in [3.05, 3.63) is 0 Å². The predicted octanol–water partition coefficient (Wildman–Crippen LogP) is 2.67. The summed E-state index contributed by atoms with van der Waals surface area (Å²) in [5.74, 6) is 0.717. The number of nitrogens with one attached hydrogen (secondary N) is 1. The lowest BCUT2D eigenvalue weighted by molar-refractivity contribution is 0.235. The van der Waals surface area contributed by atoms with Gasteiger partial charge in [-0.25, -0.2) is 0 Å². The van der Waals surface area contributed by atoms with Crippen molar-refractivity contribution in [2.24, 2.45) is 11.7 Å². The summed E-state index contributed by atoms with van der Waals surface area (Å²) >= 11 is 0. The van der Waals surface area contributed by atoms with Gasteiger partial charge in [0.1, 0.15) is 0 Å². The average Bonchev–Trinajstić information content (AvgIpc) is 2.18. The molecule has 1 aliphatic rings. The second kappa shape index (κ2) is 5.86. The van der Waals surface area contributed by atoms with E-state index in [2.05, 4.69) is 26.1 Å². The Kier molecular flexibility index (Phi) is 5.07. The fourth-order valence-electron chi connectivity index (χ4n) is 2.84. The van der Waals surface area contributed by atoms with Crippen molar-refractivity contribution < 1.29 is 0 Å². The summed E-state index contributed by atoms with van der Waals surface area (Å²) in [5, 5.41) is 3.79. The summed E-state index contributed by atoms with van der Waals surface area (Å²) < 4.78 is 0. The minimum Gasteiger partial charge on any atom is -0.329 e. The summed E-state index contributed by atoms with van der Waals surface area (Å²) in [6.45, 7) is 7.58. The van der Waals surface area contributed by atoms with Crippen LogP contribution in [0.3, 0.4) is 0 Å². The molecule has 90 valence electrons. The highest BCUT2D eigenvalue weighted by atomic mass is 15.0. The number of nitrogens with two attached hydrogens (primary N) is 1. The van der Waals surface area contributed by atoms with Gasteiger partial charge >= 0.3 is 0 Å². The van der Waals surface area contributed by atoms with Crippen molar-refractivity contribution in [2.75, 3.05) is 6.54 Å². The minimum atomic E-state index is 0.149. The molecule has 0 heterocycles. The Morgan fingerprint density at radius 1 is 1.27 bits per heavy atom. The van der Waals surface area contributed by atoms with Crippen molar-refractivity contribution in [1.29, 1.82) is 0 Å². The van der Waals surface area contributed by atoms with Crippen LogP contribution < -0.4 is 11.1 Å². The third kappa shape index (κ3) is 4.52. The largest absolute Gasteiger partial charge is 0.329 e. The summed E-state index contributed by atoms with van der Waals surface area (Å²) in [4.78, 5) is 0. The molecule has 1 atom stereocenters. The molecule has 1 saturated carbocycles. The Hall–Kier alpha value is -0.0800. The molecule has 0 saturated heterocycles. The third-order valence-electron chi connectivity index (χ3n) is 3.47. The molecule has 0 aromatic carbocycles. The molecular formula is C13H28N2. The van der Waals surface area contributed by atoms with Crippen molar-refractivity contribution in [3.63, 3.8) is 0 Å². The average molecular weight is 212 g/mol. The second-order valence-electron chi connectivity index (χ2n) is 5.84. The van der Waals surface area contributed by atoms with Crippen LogP contribution in [0, 0.1) is 5.92 Å². The van der Waals surface area contributed by atoms with Gasteiger partial charge in [0.2, 0.25) is 0 Å². The van der Waals surface area contributed by atoms with Gasteiger partial charge in [-0.05, 0) is 32.1 Å². The van der Waals surface area contributed by atoms with E-state index in [1.165, 1.54) is 38.5 Å². The van der Waals surface area contributed by atoms with E-state index in [-0.39, 0.29) is 5.54 Å². The van der Waals surface area contributed by atoms with Crippen molar-refractivity contribution in [1.82, 2.24) is 5.32 Å². The Labute approximate surface area is 95.0 Å². The summed E-state index contributed by atoms with van der Waals surface area (Å²) in [6.07, 6.45) is 8.06. The molecule has 3 N–H and O–H groups in total. The molecule has 15 heavy (non-hydrogen) atoms. The summed E-state index contributed by atoms with van der Waals surface area (Å²) in [5.41, 5.74) is 6.06. The van der Waals surface area contributed by atoms with Gasteiger partial charge in [0.15, 0.2) is 0 Å². The SMILES string of the molecule is CC(C)CC(C)(CN)NC1CCCCC1. The Morgan fingerprint density at radius 3 is 2.33 bits per heavy atom. The first-order valence-electron chi connectivity index (χ1n) is 6.53. The smallest absolute Gasteiger partial charge is 0.0280 e. The molecule has 2 nitrogen and oxygen atoms in total. The molecule has 0 aliphatic heterocycles. The zero-order valence-electron chi connectivity index (χ0n) is 10.7. The standard InChI is InChI=1S/C13H28N2/c1-11(2)9-13(3,10-14)15-12-7-5-4-6-8-12/h11-12,15H,4-10,14H2,1-3H3. The quantitative estimate of drug-likeness (QED) is 0.735. The summed E-state index contributed by atoms with van der Waals surface area (Å²) in [7, 11) is 0. The van der Waals surface area contributed by atoms with E-state index < -0.39 is 0 Å². The van der Waals surface area contributed by atoms with Crippen LogP contribution in [0.15, 0.2) is 0 Å². The van der Waals surface area contributed by atoms with Gasteiger partial charge < -0.3 is 11.1 Å². The maximum atomic E-state index is 5.91. The van der Waals surface area contributed by atoms with Gasteiger partial charge in [0.25, 0.3) is 0 Å². The van der Waals surface area contributed by atoms with Gasteiger partial charge in [-0.2, -0.15) is 0 Å². The van der Waals surface area contributed by atoms with Crippen molar-refractivity contribution in [3.8, 4) is 0 Å². The maximum Gasteiger partial charge on any atom is 0.0280 e. The number of hydrogen-bond acceptors (Lipinski definition) is 2. The predicted molar refractivity (Wildman–Crippen MR) is 66.9 cm³/mol. The molecule has 1 rings (SSSR count). The fraction of sp³-hybridized carbons (Fsp3) is 1.00. The van der Waals surface area contributed by atoms with E-state index in [1.54, 1.807) is 0 Å². The highest BCUT2D eigenvalue weighted by Gasteiger charge is 2.27. The van der Waals surface area contributed by atoms with Crippen LogP contribution in [0.1, 0.15) is 59.3 Å². The van der Waals surface area contributed by atoms with E-state index >= 15 is 0 Å². The first-order chi connectivity index (χ1) is 7.06. The lowest BCUT2D eigenvalue weighted by Crippen LogP contribution is -2.54. The highest BCUT2D eigenvalue weighted by Crippen LogP contribution is 2.22. The molecule has 2 heteroatoms. The molecular weight excluding hydrogens is 184 g/mol. The van der Waals surface area contributed by atoms with E-state index in [0.717, 1.165) is 12.5 Å². The lowest BCUT2D eigenvalue weighted by atomic mass is 9.87. The van der Waals surface area contributed by atoms with Crippen LogP contribution in [0.4, 0.5) is 0 Å². The first kappa shape index (κ1) is 13.0. The normalized spacial score (nSPS) is 23.0. The van der Waals surface area contributed by atoms with Gasteiger partial charge in [0, 0.05) is 18.1 Å². The van der Waals surface area contributed by atoms with Crippen molar-refractivity contribution in [2.45, 2.75) is 70.9 Å². The highest BCUT2D eigenvalue weighted by molar-refractivity contribution is 4.89.